The summed E-state index contributed by atoms with van der Waals surface area (Å²) in [6.45, 7) is 0. The lowest BCUT2D eigenvalue weighted by atomic mass is 10.4. The highest BCUT2D eigenvalue weighted by Gasteiger charge is 2.02. The molecule has 1 aromatic rings. The standard InChI is InChI=1S/C5H5ClN4/c6-4-3(5(7)8)9-1-2-10-4/h1-2H,(H3,7,8). The zero-order valence-electron chi connectivity index (χ0n) is 5.00. The molecule has 0 radical (unpaired) electrons. The molecule has 0 amide bonds. The normalized spacial score (nSPS) is 9.30. The second-order valence-corrected chi connectivity index (χ2v) is 1.97. The van der Waals surface area contributed by atoms with Gasteiger partial charge in [0.15, 0.2) is 5.15 Å². The van der Waals surface area contributed by atoms with Crippen molar-refractivity contribution in [1.82, 2.24) is 9.97 Å². The first-order valence-corrected chi connectivity index (χ1v) is 2.90. The van der Waals surface area contributed by atoms with Gasteiger partial charge in [-0.2, -0.15) is 0 Å². The van der Waals surface area contributed by atoms with Crippen molar-refractivity contribution in [2.45, 2.75) is 0 Å². The molecule has 0 atom stereocenters. The quantitative estimate of drug-likeness (QED) is 0.457. The van der Waals surface area contributed by atoms with E-state index in [4.69, 9.17) is 22.7 Å². The van der Waals surface area contributed by atoms with Gasteiger partial charge in [-0.15, -0.1) is 0 Å². The molecule has 1 rings (SSSR count). The summed E-state index contributed by atoms with van der Waals surface area (Å²) in [5.74, 6) is -0.168. The molecule has 0 aromatic carbocycles. The zero-order valence-corrected chi connectivity index (χ0v) is 5.76. The van der Waals surface area contributed by atoms with E-state index in [1.165, 1.54) is 12.4 Å². The van der Waals surface area contributed by atoms with Gasteiger partial charge in [0.1, 0.15) is 11.5 Å². The van der Waals surface area contributed by atoms with E-state index in [9.17, 15) is 0 Å². The van der Waals surface area contributed by atoms with Crippen LogP contribution in [0.2, 0.25) is 5.15 Å². The summed E-state index contributed by atoms with van der Waals surface area (Å²) in [5.41, 5.74) is 5.34. The Morgan fingerprint density at radius 1 is 1.50 bits per heavy atom. The van der Waals surface area contributed by atoms with Crippen LogP contribution >= 0.6 is 11.6 Å². The molecule has 1 heterocycles. The number of halogens is 1. The molecule has 5 heteroatoms. The first-order valence-electron chi connectivity index (χ1n) is 2.52. The number of nitrogen functional groups attached to an aromatic ring is 1. The van der Waals surface area contributed by atoms with Gasteiger partial charge in [0, 0.05) is 12.4 Å². The highest BCUT2D eigenvalue weighted by Crippen LogP contribution is 2.06. The summed E-state index contributed by atoms with van der Waals surface area (Å²) >= 11 is 5.52. The van der Waals surface area contributed by atoms with Gasteiger partial charge in [-0.1, -0.05) is 11.6 Å². The molecule has 0 unspecified atom stereocenters. The predicted molar refractivity (Wildman–Crippen MR) is 38.1 cm³/mol. The topological polar surface area (TPSA) is 75.7 Å². The molecular weight excluding hydrogens is 152 g/mol. The molecule has 0 aliphatic carbocycles. The number of hydrogen-bond donors (Lipinski definition) is 2. The lowest BCUT2D eigenvalue weighted by Gasteiger charge is -1.95. The van der Waals surface area contributed by atoms with Crippen molar-refractivity contribution in [3.63, 3.8) is 0 Å². The fourth-order valence-corrected chi connectivity index (χ4v) is 0.709. The van der Waals surface area contributed by atoms with Crippen molar-refractivity contribution in [3.05, 3.63) is 23.2 Å². The van der Waals surface area contributed by atoms with Gasteiger partial charge in [-0.05, 0) is 0 Å². The molecule has 0 saturated carbocycles. The van der Waals surface area contributed by atoms with E-state index < -0.39 is 0 Å². The van der Waals surface area contributed by atoms with Gasteiger partial charge in [-0.25, -0.2) is 9.97 Å². The van der Waals surface area contributed by atoms with Crippen molar-refractivity contribution in [2.75, 3.05) is 0 Å². The second-order valence-electron chi connectivity index (χ2n) is 1.61. The Morgan fingerprint density at radius 3 is 2.50 bits per heavy atom. The molecule has 52 valence electrons. The summed E-state index contributed by atoms with van der Waals surface area (Å²) in [7, 11) is 0. The van der Waals surface area contributed by atoms with Crippen molar-refractivity contribution in [3.8, 4) is 0 Å². The van der Waals surface area contributed by atoms with Crippen LogP contribution in [0.5, 0.6) is 0 Å². The number of amidine groups is 1. The van der Waals surface area contributed by atoms with E-state index in [-0.39, 0.29) is 16.7 Å². The van der Waals surface area contributed by atoms with E-state index >= 15 is 0 Å². The molecular formula is C5H5ClN4. The van der Waals surface area contributed by atoms with E-state index in [0.29, 0.717) is 0 Å². The van der Waals surface area contributed by atoms with Crippen molar-refractivity contribution >= 4 is 17.4 Å². The van der Waals surface area contributed by atoms with Crippen LogP contribution in [0.4, 0.5) is 0 Å². The summed E-state index contributed by atoms with van der Waals surface area (Å²) in [4.78, 5) is 7.42. The minimum Gasteiger partial charge on any atom is -0.382 e. The fourth-order valence-electron chi connectivity index (χ4n) is 0.502. The third-order valence-electron chi connectivity index (χ3n) is 0.909. The van der Waals surface area contributed by atoms with Crippen LogP contribution in [0.1, 0.15) is 5.69 Å². The maximum absolute atomic E-state index is 6.97. The Bertz CT molecular complexity index is 260. The van der Waals surface area contributed by atoms with Crippen molar-refractivity contribution in [1.29, 1.82) is 5.41 Å². The van der Waals surface area contributed by atoms with E-state index in [1.54, 1.807) is 0 Å². The molecule has 0 aliphatic rings. The van der Waals surface area contributed by atoms with E-state index in [0.717, 1.165) is 0 Å². The van der Waals surface area contributed by atoms with Gasteiger partial charge in [-0.3, -0.25) is 5.41 Å². The van der Waals surface area contributed by atoms with E-state index in [1.807, 2.05) is 0 Å². The number of hydrogen-bond acceptors (Lipinski definition) is 3. The van der Waals surface area contributed by atoms with Crippen LogP contribution < -0.4 is 5.73 Å². The van der Waals surface area contributed by atoms with E-state index in [2.05, 4.69) is 9.97 Å². The smallest absolute Gasteiger partial charge is 0.158 e. The second kappa shape index (κ2) is 2.62. The molecule has 0 aliphatic heterocycles. The largest absolute Gasteiger partial charge is 0.382 e. The predicted octanol–water partition coefficient (Wildman–Crippen LogP) is 0.414. The summed E-state index contributed by atoms with van der Waals surface area (Å²) in [6.07, 6.45) is 2.87. The summed E-state index contributed by atoms with van der Waals surface area (Å²) in [6, 6.07) is 0. The van der Waals surface area contributed by atoms with Gasteiger partial charge in [0.2, 0.25) is 0 Å². The average Bonchev–Trinajstić information content (AvgIpc) is 1.88. The lowest BCUT2D eigenvalue weighted by Crippen LogP contribution is -2.13. The fraction of sp³-hybridized carbons (Fsp3) is 0. The van der Waals surface area contributed by atoms with Gasteiger partial charge in [0.05, 0.1) is 0 Å². The molecule has 0 fully saturated rings. The number of nitrogens with two attached hydrogens (primary N) is 1. The molecule has 1 aromatic heterocycles. The van der Waals surface area contributed by atoms with Gasteiger partial charge in [0.25, 0.3) is 0 Å². The Kier molecular flexibility index (Phi) is 1.82. The Balaban J connectivity index is 3.15. The average molecular weight is 157 g/mol. The summed E-state index contributed by atoms with van der Waals surface area (Å²) < 4.78 is 0. The number of nitrogens with zero attached hydrogens (tertiary/aromatic N) is 2. The first kappa shape index (κ1) is 6.95. The number of aromatic nitrogens is 2. The molecule has 0 spiro atoms. The molecule has 0 saturated heterocycles. The number of nitrogens with one attached hydrogen (secondary N) is 1. The SMILES string of the molecule is N=C(N)c1nccnc1Cl. The maximum Gasteiger partial charge on any atom is 0.158 e. The maximum atomic E-state index is 6.97. The van der Waals surface area contributed by atoms with Crippen LogP contribution in [0.25, 0.3) is 0 Å². The lowest BCUT2D eigenvalue weighted by molar-refractivity contribution is 1.16. The van der Waals surface area contributed by atoms with Gasteiger partial charge < -0.3 is 5.73 Å². The van der Waals surface area contributed by atoms with Crippen LogP contribution in [0, 0.1) is 5.41 Å². The Labute approximate surface area is 62.6 Å². The van der Waals surface area contributed by atoms with Crippen LogP contribution in [-0.4, -0.2) is 15.8 Å². The first-order chi connectivity index (χ1) is 4.72. The van der Waals surface area contributed by atoms with Crippen LogP contribution in [0.15, 0.2) is 12.4 Å². The van der Waals surface area contributed by atoms with Crippen molar-refractivity contribution in [2.24, 2.45) is 5.73 Å². The molecule has 4 nitrogen and oxygen atoms in total. The zero-order chi connectivity index (χ0) is 7.56. The number of rotatable bonds is 1. The van der Waals surface area contributed by atoms with Gasteiger partial charge >= 0.3 is 0 Å². The van der Waals surface area contributed by atoms with Crippen LogP contribution in [-0.2, 0) is 0 Å². The highest BCUT2D eigenvalue weighted by molar-refractivity contribution is 6.32. The monoisotopic (exact) mass is 156 g/mol. The third-order valence-corrected chi connectivity index (χ3v) is 1.19. The molecule has 0 bridgehead atoms. The third kappa shape index (κ3) is 1.22. The minimum absolute atomic E-state index is 0.162. The minimum atomic E-state index is -0.168. The molecule has 10 heavy (non-hydrogen) atoms. The van der Waals surface area contributed by atoms with Crippen molar-refractivity contribution < 1.29 is 0 Å². The van der Waals surface area contributed by atoms with Crippen LogP contribution in [0.3, 0.4) is 0 Å². The highest BCUT2D eigenvalue weighted by atomic mass is 35.5. The summed E-state index contributed by atoms with van der Waals surface area (Å²) in [5, 5.41) is 7.13. The Hall–Kier alpha value is -1.16. The Morgan fingerprint density at radius 2 is 2.10 bits per heavy atom. The molecule has 3 N–H and O–H groups in total.